The molecule has 1 aromatic carbocycles. The van der Waals surface area contributed by atoms with Crippen molar-refractivity contribution in [3.05, 3.63) is 34.7 Å². The normalized spacial score (nSPS) is 14.8. The summed E-state index contributed by atoms with van der Waals surface area (Å²) in [5.74, 6) is 0.559. The topological polar surface area (TPSA) is 51.0 Å². The van der Waals surface area contributed by atoms with Crippen molar-refractivity contribution in [1.82, 2.24) is 15.5 Å². The summed E-state index contributed by atoms with van der Waals surface area (Å²) in [5.41, 5.74) is 1.20. The van der Waals surface area contributed by atoms with Crippen LogP contribution in [0, 0.1) is 6.92 Å². The lowest BCUT2D eigenvalue weighted by molar-refractivity contribution is 0.429. The lowest BCUT2D eigenvalue weighted by Gasteiger charge is -2.06. The van der Waals surface area contributed by atoms with E-state index < -0.39 is 0 Å². The number of nitrogens with one attached hydrogen (secondary N) is 1. The van der Waals surface area contributed by atoms with Crippen molar-refractivity contribution < 1.29 is 4.42 Å². The van der Waals surface area contributed by atoms with E-state index in [-0.39, 0.29) is 0 Å². The monoisotopic (exact) mass is 295 g/mol. The summed E-state index contributed by atoms with van der Waals surface area (Å²) in [6, 6.07) is 6.76. The van der Waals surface area contributed by atoms with Gasteiger partial charge in [0.15, 0.2) is 0 Å². The molecule has 1 fully saturated rings. The lowest BCUT2D eigenvalue weighted by Crippen LogP contribution is -2.15. The third-order valence-electron chi connectivity index (χ3n) is 2.87. The number of aromatic nitrogens is 2. The van der Waals surface area contributed by atoms with Crippen LogP contribution in [0.1, 0.15) is 24.3 Å². The third kappa shape index (κ3) is 3.49. The van der Waals surface area contributed by atoms with Crippen LogP contribution < -0.4 is 5.32 Å². The molecule has 0 unspecified atom stereocenters. The molecular weight excluding hydrogens is 282 g/mol. The van der Waals surface area contributed by atoms with Crippen molar-refractivity contribution in [1.29, 1.82) is 0 Å². The van der Waals surface area contributed by atoms with E-state index in [1.54, 1.807) is 6.92 Å². The Kier molecular flexibility index (Phi) is 3.77. The van der Waals surface area contributed by atoms with Crippen molar-refractivity contribution in [3.8, 4) is 0 Å². The van der Waals surface area contributed by atoms with Crippen LogP contribution in [0.25, 0.3) is 0 Å². The molecule has 1 aromatic heterocycles. The molecule has 19 heavy (non-hydrogen) atoms. The van der Waals surface area contributed by atoms with E-state index in [1.807, 2.05) is 12.1 Å². The molecule has 1 aliphatic rings. The summed E-state index contributed by atoms with van der Waals surface area (Å²) >= 11 is 7.67. The van der Waals surface area contributed by atoms with Crippen LogP contribution in [0.2, 0.25) is 5.02 Å². The van der Waals surface area contributed by atoms with Crippen LogP contribution in [0.3, 0.4) is 0 Å². The molecule has 1 saturated carbocycles. The second-order valence-corrected chi connectivity index (χ2v) is 6.01. The molecule has 1 N–H and O–H groups in total. The van der Waals surface area contributed by atoms with Crippen molar-refractivity contribution in [3.63, 3.8) is 0 Å². The first-order valence-corrected chi connectivity index (χ1v) is 7.40. The maximum atomic E-state index is 6.28. The van der Waals surface area contributed by atoms with E-state index in [0.29, 0.717) is 17.2 Å². The minimum absolute atomic E-state index is 0.517. The highest BCUT2D eigenvalue weighted by Crippen LogP contribution is 2.33. The average molecular weight is 296 g/mol. The average Bonchev–Trinajstić information content (AvgIpc) is 3.13. The molecule has 0 spiro atoms. The van der Waals surface area contributed by atoms with E-state index in [9.17, 15) is 0 Å². The predicted molar refractivity (Wildman–Crippen MR) is 74.5 cm³/mol. The highest BCUT2D eigenvalue weighted by atomic mass is 35.5. The second-order valence-electron chi connectivity index (χ2n) is 4.61. The minimum atomic E-state index is 0.517. The van der Waals surface area contributed by atoms with Crippen molar-refractivity contribution >= 4 is 23.4 Å². The van der Waals surface area contributed by atoms with Gasteiger partial charge in [0.2, 0.25) is 5.89 Å². The standard InChI is InChI=1S/C13H14ClN3OS/c1-8-16-17-13(18-8)19-12-5-2-9(6-11(12)14)7-15-10-3-4-10/h2,5-6,10,15H,3-4,7H2,1H3. The van der Waals surface area contributed by atoms with Gasteiger partial charge in [-0.05, 0) is 42.3 Å². The van der Waals surface area contributed by atoms with Gasteiger partial charge in [0.25, 0.3) is 5.22 Å². The smallest absolute Gasteiger partial charge is 0.281 e. The van der Waals surface area contributed by atoms with Crippen LogP contribution >= 0.6 is 23.4 Å². The number of hydrogen-bond donors (Lipinski definition) is 1. The van der Waals surface area contributed by atoms with Gasteiger partial charge in [-0.15, -0.1) is 10.2 Å². The number of hydrogen-bond acceptors (Lipinski definition) is 5. The Hall–Kier alpha value is -1.04. The molecule has 2 aromatic rings. The molecule has 4 nitrogen and oxygen atoms in total. The number of rotatable bonds is 5. The van der Waals surface area contributed by atoms with Gasteiger partial charge in [0, 0.05) is 24.4 Å². The first-order chi connectivity index (χ1) is 9.20. The Balaban J connectivity index is 1.67. The third-order valence-corrected chi connectivity index (χ3v) is 4.21. The van der Waals surface area contributed by atoms with Gasteiger partial charge in [-0.3, -0.25) is 0 Å². The molecule has 0 saturated heterocycles. The molecule has 0 bridgehead atoms. The zero-order chi connectivity index (χ0) is 13.2. The molecule has 0 atom stereocenters. The van der Waals surface area contributed by atoms with Crippen molar-refractivity contribution in [2.75, 3.05) is 0 Å². The van der Waals surface area contributed by atoms with Gasteiger partial charge in [0.1, 0.15) is 0 Å². The lowest BCUT2D eigenvalue weighted by atomic mass is 10.2. The van der Waals surface area contributed by atoms with Crippen molar-refractivity contribution in [2.24, 2.45) is 0 Å². The molecule has 1 heterocycles. The van der Waals surface area contributed by atoms with Crippen LogP contribution in [0.4, 0.5) is 0 Å². The fourth-order valence-corrected chi connectivity index (χ4v) is 2.74. The van der Waals surface area contributed by atoms with Crippen LogP contribution in [-0.4, -0.2) is 16.2 Å². The summed E-state index contributed by atoms with van der Waals surface area (Å²) in [6.07, 6.45) is 2.58. The Labute approximate surface area is 120 Å². The highest BCUT2D eigenvalue weighted by Gasteiger charge is 2.20. The fraction of sp³-hybridized carbons (Fsp3) is 0.385. The molecule has 100 valence electrons. The number of aryl methyl sites for hydroxylation is 1. The van der Waals surface area contributed by atoms with Gasteiger partial charge in [-0.2, -0.15) is 0 Å². The SMILES string of the molecule is Cc1nnc(Sc2ccc(CNC3CC3)cc2Cl)o1. The Morgan fingerprint density at radius 1 is 1.42 bits per heavy atom. The van der Waals surface area contributed by atoms with Crippen LogP contribution in [0.15, 0.2) is 32.7 Å². The first-order valence-electron chi connectivity index (χ1n) is 6.20. The molecule has 0 amide bonds. The summed E-state index contributed by atoms with van der Waals surface area (Å²) in [4.78, 5) is 0.931. The maximum Gasteiger partial charge on any atom is 0.281 e. The largest absolute Gasteiger partial charge is 0.416 e. The predicted octanol–water partition coefficient (Wildman–Crippen LogP) is 3.43. The number of nitrogens with zero attached hydrogens (tertiary/aromatic N) is 2. The summed E-state index contributed by atoms with van der Waals surface area (Å²) < 4.78 is 5.33. The van der Waals surface area contributed by atoms with Gasteiger partial charge in [0.05, 0.1) is 5.02 Å². The Morgan fingerprint density at radius 3 is 2.89 bits per heavy atom. The number of benzene rings is 1. The molecule has 3 rings (SSSR count). The zero-order valence-corrected chi connectivity index (χ0v) is 12.1. The van der Waals surface area contributed by atoms with Gasteiger partial charge in [-0.1, -0.05) is 17.7 Å². The first kappa shape index (κ1) is 13.0. The number of halogens is 1. The molecule has 0 radical (unpaired) electrons. The molecular formula is C13H14ClN3OS. The van der Waals surface area contributed by atoms with E-state index >= 15 is 0 Å². The van der Waals surface area contributed by atoms with Crippen molar-refractivity contribution in [2.45, 2.75) is 42.5 Å². The summed E-state index contributed by atoms with van der Waals surface area (Å²) in [5, 5.41) is 12.4. The van der Waals surface area contributed by atoms with E-state index in [2.05, 4.69) is 21.6 Å². The molecule has 1 aliphatic carbocycles. The highest BCUT2D eigenvalue weighted by molar-refractivity contribution is 7.99. The van der Waals surface area contributed by atoms with E-state index in [1.165, 1.54) is 30.2 Å². The van der Waals surface area contributed by atoms with Gasteiger partial charge < -0.3 is 9.73 Å². The van der Waals surface area contributed by atoms with E-state index in [4.69, 9.17) is 16.0 Å². The Morgan fingerprint density at radius 2 is 2.26 bits per heavy atom. The molecule has 6 heteroatoms. The zero-order valence-electron chi connectivity index (χ0n) is 10.5. The minimum Gasteiger partial charge on any atom is -0.416 e. The quantitative estimate of drug-likeness (QED) is 0.916. The van der Waals surface area contributed by atoms with Crippen LogP contribution in [-0.2, 0) is 6.54 Å². The van der Waals surface area contributed by atoms with Gasteiger partial charge >= 0.3 is 0 Å². The summed E-state index contributed by atoms with van der Waals surface area (Å²) in [7, 11) is 0. The van der Waals surface area contributed by atoms with Gasteiger partial charge in [-0.25, -0.2) is 0 Å². The molecule has 0 aliphatic heterocycles. The fourth-order valence-electron chi connectivity index (χ4n) is 1.70. The Bertz CT molecular complexity index is 583. The second kappa shape index (κ2) is 5.53. The van der Waals surface area contributed by atoms with E-state index in [0.717, 1.165) is 16.5 Å². The maximum absolute atomic E-state index is 6.28. The summed E-state index contributed by atoms with van der Waals surface area (Å²) in [6.45, 7) is 2.64. The van der Waals surface area contributed by atoms with Crippen LogP contribution in [0.5, 0.6) is 0 Å².